The van der Waals surface area contributed by atoms with Crippen molar-refractivity contribution in [3.05, 3.63) is 53.9 Å². The van der Waals surface area contributed by atoms with E-state index in [1.54, 1.807) is 32.9 Å². The Morgan fingerprint density at radius 1 is 1.06 bits per heavy atom. The van der Waals surface area contributed by atoms with Crippen LogP contribution in [-0.4, -0.2) is 34.3 Å². The molecule has 3 aromatic rings. The van der Waals surface area contributed by atoms with Crippen LogP contribution in [0.5, 0.6) is 0 Å². The molecule has 7 nitrogen and oxygen atoms in total. The van der Waals surface area contributed by atoms with Gasteiger partial charge in [-0.3, -0.25) is 9.88 Å². The van der Waals surface area contributed by atoms with E-state index < -0.39 is 29.4 Å². The van der Waals surface area contributed by atoms with Crippen molar-refractivity contribution in [2.75, 3.05) is 12.4 Å². The molecule has 0 atom stereocenters. The lowest BCUT2D eigenvalue weighted by atomic mass is 10.1. The molecule has 0 saturated heterocycles. The number of esters is 1. The summed E-state index contributed by atoms with van der Waals surface area (Å²) in [5.41, 5.74) is -1.31. The highest BCUT2D eigenvalue weighted by atomic mass is 19.4. The van der Waals surface area contributed by atoms with E-state index in [0.29, 0.717) is 11.3 Å². The van der Waals surface area contributed by atoms with Crippen molar-refractivity contribution in [2.24, 2.45) is 0 Å². The fourth-order valence-corrected chi connectivity index (χ4v) is 2.91. The molecule has 0 saturated carbocycles. The van der Waals surface area contributed by atoms with Crippen LogP contribution in [0.25, 0.3) is 16.7 Å². The summed E-state index contributed by atoms with van der Waals surface area (Å²) in [6.07, 6.45) is -4.34. The fourth-order valence-electron chi connectivity index (χ4n) is 2.91. The second-order valence-electron chi connectivity index (χ2n) is 7.67. The first-order valence-corrected chi connectivity index (χ1v) is 9.16. The van der Waals surface area contributed by atoms with E-state index in [0.717, 1.165) is 6.07 Å². The van der Waals surface area contributed by atoms with Gasteiger partial charge in [0.25, 0.3) is 0 Å². The van der Waals surface area contributed by atoms with Crippen molar-refractivity contribution in [1.82, 2.24) is 9.55 Å². The minimum atomic E-state index is -4.70. The molecule has 31 heavy (non-hydrogen) atoms. The standard InChI is InChI=1S/C21H20F3N3O4/c1-20(2,3)31-19(29)26-13-9-15(21(22,23)24)17-16(10-13)27(11-25-17)14-7-5-12(6-8-14)18(28)30-4/h5-11H,1-4H3,(H,26,29). The van der Waals surface area contributed by atoms with Crippen LogP contribution < -0.4 is 5.32 Å². The summed E-state index contributed by atoms with van der Waals surface area (Å²) in [6, 6.07) is 8.25. The molecule has 2 aromatic carbocycles. The monoisotopic (exact) mass is 435 g/mol. The Bertz CT molecular complexity index is 1130. The Morgan fingerprint density at radius 3 is 2.26 bits per heavy atom. The second-order valence-corrected chi connectivity index (χ2v) is 7.67. The van der Waals surface area contributed by atoms with E-state index in [2.05, 4.69) is 15.0 Å². The number of amides is 1. The van der Waals surface area contributed by atoms with Crippen LogP contribution in [0.1, 0.15) is 36.7 Å². The van der Waals surface area contributed by atoms with Gasteiger partial charge in [-0.05, 0) is 57.2 Å². The number of rotatable bonds is 3. The van der Waals surface area contributed by atoms with Crippen molar-refractivity contribution >= 4 is 28.8 Å². The van der Waals surface area contributed by atoms with Gasteiger partial charge >= 0.3 is 18.2 Å². The van der Waals surface area contributed by atoms with Crippen LogP contribution in [-0.2, 0) is 15.7 Å². The number of ether oxygens (including phenoxy) is 2. The van der Waals surface area contributed by atoms with E-state index in [1.165, 1.54) is 36.2 Å². The molecule has 1 amide bonds. The summed E-state index contributed by atoms with van der Waals surface area (Å²) in [7, 11) is 1.25. The number of hydrogen-bond acceptors (Lipinski definition) is 5. The topological polar surface area (TPSA) is 82.5 Å². The summed E-state index contributed by atoms with van der Waals surface area (Å²) in [5, 5.41) is 2.34. The van der Waals surface area contributed by atoms with Gasteiger partial charge < -0.3 is 9.47 Å². The minimum Gasteiger partial charge on any atom is -0.465 e. The fraction of sp³-hybridized carbons (Fsp3) is 0.286. The predicted octanol–water partition coefficient (Wildman–Crippen LogP) is 5.18. The van der Waals surface area contributed by atoms with Crippen LogP contribution in [0.2, 0.25) is 0 Å². The van der Waals surface area contributed by atoms with Gasteiger partial charge in [0.05, 0.1) is 23.8 Å². The number of nitrogens with zero attached hydrogens (tertiary/aromatic N) is 2. The molecule has 3 rings (SSSR count). The number of alkyl halides is 3. The first kappa shape index (κ1) is 22.1. The van der Waals surface area contributed by atoms with Crippen molar-refractivity contribution < 1.29 is 32.2 Å². The highest BCUT2D eigenvalue weighted by Gasteiger charge is 2.35. The summed E-state index contributed by atoms with van der Waals surface area (Å²) < 4.78 is 52.2. The molecule has 164 valence electrons. The van der Waals surface area contributed by atoms with Crippen molar-refractivity contribution in [1.29, 1.82) is 0 Å². The number of nitrogens with one attached hydrogen (secondary N) is 1. The first-order chi connectivity index (χ1) is 14.4. The quantitative estimate of drug-likeness (QED) is 0.574. The molecule has 0 radical (unpaired) electrons. The number of halogens is 3. The van der Waals surface area contributed by atoms with E-state index >= 15 is 0 Å². The number of carbonyl (C=O) groups excluding carboxylic acids is 2. The number of carbonyl (C=O) groups is 2. The van der Waals surface area contributed by atoms with E-state index in [4.69, 9.17) is 4.74 Å². The normalized spacial score (nSPS) is 12.0. The summed E-state index contributed by atoms with van der Waals surface area (Å²) >= 11 is 0. The lowest BCUT2D eigenvalue weighted by molar-refractivity contribution is -0.136. The number of anilines is 1. The van der Waals surface area contributed by atoms with Gasteiger partial charge in [0.2, 0.25) is 0 Å². The van der Waals surface area contributed by atoms with Crippen molar-refractivity contribution in [3.8, 4) is 5.69 Å². The van der Waals surface area contributed by atoms with Gasteiger partial charge in [-0.25, -0.2) is 14.6 Å². The van der Waals surface area contributed by atoms with Crippen molar-refractivity contribution in [2.45, 2.75) is 32.5 Å². The molecular formula is C21H20F3N3O4. The molecule has 0 aliphatic rings. The maximum atomic E-state index is 13.7. The zero-order valence-electron chi connectivity index (χ0n) is 17.2. The van der Waals surface area contributed by atoms with Gasteiger partial charge in [0.1, 0.15) is 17.4 Å². The van der Waals surface area contributed by atoms with Crippen LogP contribution in [0.4, 0.5) is 23.7 Å². The minimum absolute atomic E-state index is 0.0954. The molecule has 0 spiro atoms. The van der Waals surface area contributed by atoms with Crippen LogP contribution in [0.15, 0.2) is 42.7 Å². The van der Waals surface area contributed by atoms with Crippen LogP contribution in [0, 0.1) is 0 Å². The zero-order chi connectivity index (χ0) is 23.0. The van der Waals surface area contributed by atoms with Gasteiger partial charge in [-0.15, -0.1) is 0 Å². The average Bonchev–Trinajstić information content (AvgIpc) is 3.08. The average molecular weight is 435 g/mol. The Kier molecular flexibility index (Phi) is 5.66. The summed E-state index contributed by atoms with van der Waals surface area (Å²) in [6.45, 7) is 4.93. The molecule has 1 aromatic heterocycles. The highest BCUT2D eigenvalue weighted by Crippen LogP contribution is 2.37. The number of fused-ring (bicyclic) bond motifs is 1. The Hall–Kier alpha value is -3.56. The second kappa shape index (κ2) is 7.93. The Balaban J connectivity index is 2.08. The molecule has 0 bridgehead atoms. The van der Waals surface area contributed by atoms with E-state index in [9.17, 15) is 22.8 Å². The summed E-state index contributed by atoms with van der Waals surface area (Å²) in [5.74, 6) is -0.537. The zero-order valence-corrected chi connectivity index (χ0v) is 17.2. The van der Waals surface area contributed by atoms with Crippen molar-refractivity contribution in [3.63, 3.8) is 0 Å². The molecule has 10 heteroatoms. The van der Waals surface area contributed by atoms with Gasteiger partial charge in [-0.1, -0.05) is 0 Å². The first-order valence-electron chi connectivity index (χ1n) is 9.16. The number of imidazole rings is 1. The lowest BCUT2D eigenvalue weighted by Crippen LogP contribution is -2.27. The number of methoxy groups -OCH3 is 1. The molecule has 1 N–H and O–H groups in total. The third kappa shape index (κ3) is 4.96. The lowest BCUT2D eigenvalue weighted by Gasteiger charge is -2.20. The number of hydrogen-bond donors (Lipinski definition) is 1. The smallest absolute Gasteiger partial charge is 0.418 e. The van der Waals surface area contributed by atoms with Gasteiger partial charge in [0.15, 0.2) is 0 Å². The third-order valence-corrected chi connectivity index (χ3v) is 4.17. The van der Waals surface area contributed by atoms with E-state index in [1.807, 2.05) is 0 Å². The largest absolute Gasteiger partial charge is 0.465 e. The molecule has 0 aliphatic heterocycles. The van der Waals surface area contributed by atoms with E-state index in [-0.39, 0.29) is 16.7 Å². The Labute approximate surface area is 175 Å². The molecule has 0 aliphatic carbocycles. The maximum absolute atomic E-state index is 13.7. The van der Waals surface area contributed by atoms with Gasteiger partial charge in [0, 0.05) is 11.4 Å². The maximum Gasteiger partial charge on any atom is 0.418 e. The summed E-state index contributed by atoms with van der Waals surface area (Å²) in [4.78, 5) is 27.6. The van der Waals surface area contributed by atoms with Crippen LogP contribution in [0.3, 0.4) is 0 Å². The third-order valence-electron chi connectivity index (χ3n) is 4.17. The number of benzene rings is 2. The molecule has 0 unspecified atom stereocenters. The molecule has 1 heterocycles. The molecule has 0 fully saturated rings. The highest BCUT2D eigenvalue weighted by molar-refractivity contribution is 5.92. The SMILES string of the molecule is COC(=O)c1ccc(-n2cnc3c(C(F)(F)F)cc(NC(=O)OC(C)(C)C)cc32)cc1. The molecular weight excluding hydrogens is 415 g/mol. The van der Waals surface area contributed by atoms with Crippen LogP contribution >= 0.6 is 0 Å². The number of aromatic nitrogens is 2. The Morgan fingerprint density at radius 2 is 1.71 bits per heavy atom. The predicted molar refractivity (Wildman–Crippen MR) is 107 cm³/mol. The van der Waals surface area contributed by atoms with Gasteiger partial charge in [-0.2, -0.15) is 13.2 Å².